The number of benzene rings is 1. The molecule has 5 heteroatoms. The summed E-state index contributed by atoms with van der Waals surface area (Å²) in [5, 5.41) is 15.6. The van der Waals surface area contributed by atoms with Crippen LogP contribution in [0, 0.1) is 0 Å². The molecule has 20 heavy (non-hydrogen) atoms. The molecule has 106 valence electrons. The summed E-state index contributed by atoms with van der Waals surface area (Å²) in [5.74, 6) is 0.325. The van der Waals surface area contributed by atoms with Crippen molar-refractivity contribution in [2.24, 2.45) is 0 Å². The lowest BCUT2D eigenvalue weighted by Gasteiger charge is -2.12. The number of amides is 1. The van der Waals surface area contributed by atoms with Gasteiger partial charge in [0.05, 0.1) is 6.61 Å². The summed E-state index contributed by atoms with van der Waals surface area (Å²) in [7, 11) is 0. The van der Waals surface area contributed by atoms with Crippen LogP contribution in [0.5, 0.6) is 0 Å². The molecule has 0 aliphatic rings. The van der Waals surface area contributed by atoms with Gasteiger partial charge in [-0.05, 0) is 17.7 Å². The van der Waals surface area contributed by atoms with Crippen LogP contribution in [0.15, 0.2) is 34.9 Å². The summed E-state index contributed by atoms with van der Waals surface area (Å²) in [4.78, 5) is 12.1. The van der Waals surface area contributed by atoms with Gasteiger partial charge < -0.3 is 14.9 Å². The molecule has 1 amide bonds. The highest BCUT2D eigenvalue weighted by molar-refractivity contribution is 6.02. The van der Waals surface area contributed by atoms with E-state index in [-0.39, 0.29) is 23.6 Å². The maximum Gasteiger partial charge on any atom is 0.277 e. The molecule has 1 aromatic heterocycles. The second kappa shape index (κ2) is 5.46. The Labute approximate surface area is 117 Å². The zero-order chi connectivity index (χ0) is 14.8. The van der Waals surface area contributed by atoms with E-state index in [4.69, 9.17) is 9.63 Å². The van der Waals surface area contributed by atoms with Crippen molar-refractivity contribution >= 4 is 11.6 Å². The molecule has 0 fully saturated rings. The molecule has 0 atom stereocenters. The van der Waals surface area contributed by atoms with Crippen molar-refractivity contribution in [3.05, 3.63) is 47.3 Å². The molecule has 0 unspecified atom stereocenters. The first kappa shape index (κ1) is 14.3. The molecule has 2 aromatic rings. The number of aliphatic hydroxyl groups is 1. The van der Waals surface area contributed by atoms with E-state index >= 15 is 0 Å². The molecular weight excluding hydrogens is 256 g/mol. The van der Waals surface area contributed by atoms with Crippen molar-refractivity contribution in [2.75, 3.05) is 5.32 Å². The summed E-state index contributed by atoms with van der Waals surface area (Å²) in [5.41, 5.74) is 1.40. The predicted molar refractivity (Wildman–Crippen MR) is 75.5 cm³/mol. The molecule has 5 nitrogen and oxygen atoms in total. The Bertz CT molecular complexity index is 612. The largest absolute Gasteiger partial charge is 0.392 e. The number of aromatic nitrogens is 1. The minimum absolute atomic E-state index is 0.0676. The van der Waals surface area contributed by atoms with Gasteiger partial charge in [0.25, 0.3) is 5.91 Å². The number of nitrogens with one attached hydrogen (secondary N) is 1. The number of carbonyl (C=O) groups is 1. The lowest BCUT2D eigenvalue weighted by Crippen LogP contribution is -2.13. The Kier molecular flexibility index (Phi) is 3.90. The smallest absolute Gasteiger partial charge is 0.277 e. The summed E-state index contributed by atoms with van der Waals surface area (Å²) in [6.45, 7) is 5.89. The number of anilines is 1. The van der Waals surface area contributed by atoms with E-state index in [9.17, 15) is 4.79 Å². The molecular formula is C15H18N2O3. The van der Waals surface area contributed by atoms with Gasteiger partial charge >= 0.3 is 0 Å². The summed E-state index contributed by atoms with van der Waals surface area (Å²) >= 11 is 0. The van der Waals surface area contributed by atoms with Gasteiger partial charge in [-0.25, -0.2) is 0 Å². The monoisotopic (exact) mass is 274 g/mol. The Morgan fingerprint density at radius 3 is 2.70 bits per heavy atom. The molecule has 0 saturated heterocycles. The molecule has 0 aliphatic carbocycles. The SMILES string of the molecule is CC(C)(C)c1cc(C(=O)Nc2cccc(CO)c2)no1. The van der Waals surface area contributed by atoms with Crippen LogP contribution in [0.1, 0.15) is 42.6 Å². The third-order valence-electron chi connectivity index (χ3n) is 2.85. The van der Waals surface area contributed by atoms with Gasteiger partial charge in [0.1, 0.15) is 5.76 Å². The Balaban J connectivity index is 2.13. The third kappa shape index (κ3) is 3.24. The van der Waals surface area contributed by atoms with Gasteiger partial charge in [0.15, 0.2) is 5.69 Å². The van der Waals surface area contributed by atoms with Crippen molar-refractivity contribution in [2.45, 2.75) is 32.8 Å². The number of aliphatic hydroxyl groups excluding tert-OH is 1. The van der Waals surface area contributed by atoms with E-state index in [1.807, 2.05) is 20.8 Å². The van der Waals surface area contributed by atoms with Gasteiger partial charge in [-0.1, -0.05) is 38.1 Å². The molecule has 0 radical (unpaired) electrons. The Morgan fingerprint density at radius 1 is 1.35 bits per heavy atom. The predicted octanol–water partition coefficient (Wildman–Crippen LogP) is 2.72. The fourth-order valence-corrected chi connectivity index (χ4v) is 1.68. The first-order valence-electron chi connectivity index (χ1n) is 6.38. The van der Waals surface area contributed by atoms with Crippen molar-refractivity contribution < 1.29 is 14.4 Å². The third-order valence-corrected chi connectivity index (χ3v) is 2.85. The molecule has 2 N–H and O–H groups in total. The number of carbonyl (C=O) groups excluding carboxylic acids is 1. The van der Waals surface area contributed by atoms with Crippen LogP contribution in [0.3, 0.4) is 0 Å². The van der Waals surface area contributed by atoms with Gasteiger partial charge in [0.2, 0.25) is 0 Å². The van der Waals surface area contributed by atoms with Crippen LogP contribution in [-0.4, -0.2) is 16.2 Å². The lowest BCUT2D eigenvalue weighted by molar-refractivity contribution is 0.101. The second-order valence-corrected chi connectivity index (χ2v) is 5.64. The van der Waals surface area contributed by atoms with Crippen molar-refractivity contribution in [3.8, 4) is 0 Å². The van der Waals surface area contributed by atoms with Gasteiger partial charge in [-0.15, -0.1) is 0 Å². The van der Waals surface area contributed by atoms with E-state index in [1.54, 1.807) is 30.3 Å². The summed E-state index contributed by atoms with van der Waals surface area (Å²) < 4.78 is 5.18. The number of hydrogen-bond donors (Lipinski definition) is 2. The Morgan fingerprint density at radius 2 is 2.10 bits per heavy atom. The maximum atomic E-state index is 12.1. The summed E-state index contributed by atoms with van der Waals surface area (Å²) in [6, 6.07) is 8.66. The minimum atomic E-state index is -0.334. The van der Waals surface area contributed by atoms with E-state index in [2.05, 4.69) is 10.5 Å². The number of rotatable bonds is 3. The minimum Gasteiger partial charge on any atom is -0.392 e. The van der Waals surface area contributed by atoms with Gasteiger partial charge in [-0.2, -0.15) is 0 Å². The molecule has 1 heterocycles. The van der Waals surface area contributed by atoms with Crippen LogP contribution in [-0.2, 0) is 12.0 Å². The van der Waals surface area contributed by atoms with Crippen LogP contribution in [0.2, 0.25) is 0 Å². The molecule has 0 bridgehead atoms. The number of nitrogens with zero attached hydrogens (tertiary/aromatic N) is 1. The second-order valence-electron chi connectivity index (χ2n) is 5.64. The lowest BCUT2D eigenvalue weighted by atomic mass is 9.93. The van der Waals surface area contributed by atoms with E-state index < -0.39 is 0 Å². The maximum absolute atomic E-state index is 12.1. The topological polar surface area (TPSA) is 75.4 Å². The molecule has 2 rings (SSSR count). The van der Waals surface area contributed by atoms with Crippen molar-refractivity contribution in [1.82, 2.24) is 5.16 Å². The van der Waals surface area contributed by atoms with Gasteiger partial charge in [0, 0.05) is 17.2 Å². The van der Waals surface area contributed by atoms with Crippen LogP contribution < -0.4 is 5.32 Å². The van der Waals surface area contributed by atoms with E-state index in [0.717, 1.165) is 5.56 Å². The standard InChI is InChI=1S/C15H18N2O3/c1-15(2,3)13-8-12(17-20-13)14(19)16-11-6-4-5-10(7-11)9-18/h4-8,18H,9H2,1-3H3,(H,16,19). The average molecular weight is 274 g/mol. The average Bonchev–Trinajstić information content (AvgIpc) is 2.88. The zero-order valence-electron chi connectivity index (χ0n) is 11.8. The van der Waals surface area contributed by atoms with Crippen LogP contribution in [0.25, 0.3) is 0 Å². The zero-order valence-corrected chi connectivity index (χ0v) is 11.8. The number of hydrogen-bond acceptors (Lipinski definition) is 4. The molecule has 1 aromatic carbocycles. The van der Waals surface area contributed by atoms with Crippen molar-refractivity contribution in [1.29, 1.82) is 0 Å². The van der Waals surface area contributed by atoms with E-state index in [0.29, 0.717) is 11.4 Å². The van der Waals surface area contributed by atoms with Crippen LogP contribution in [0.4, 0.5) is 5.69 Å². The van der Waals surface area contributed by atoms with Crippen LogP contribution >= 0.6 is 0 Å². The van der Waals surface area contributed by atoms with E-state index in [1.165, 1.54) is 0 Å². The normalized spacial score (nSPS) is 11.4. The first-order valence-corrected chi connectivity index (χ1v) is 6.38. The summed E-state index contributed by atoms with van der Waals surface area (Å²) in [6.07, 6.45) is 0. The fourth-order valence-electron chi connectivity index (χ4n) is 1.68. The highest BCUT2D eigenvalue weighted by Gasteiger charge is 2.22. The van der Waals surface area contributed by atoms with Gasteiger partial charge in [-0.3, -0.25) is 4.79 Å². The highest BCUT2D eigenvalue weighted by Crippen LogP contribution is 2.23. The molecule has 0 spiro atoms. The quantitative estimate of drug-likeness (QED) is 0.902. The molecule has 0 saturated carbocycles. The van der Waals surface area contributed by atoms with Crippen molar-refractivity contribution in [3.63, 3.8) is 0 Å². The first-order chi connectivity index (χ1) is 9.40. The molecule has 0 aliphatic heterocycles. The Hall–Kier alpha value is -2.14. The fraction of sp³-hybridized carbons (Fsp3) is 0.333. The highest BCUT2D eigenvalue weighted by atomic mass is 16.5.